The van der Waals surface area contributed by atoms with Crippen LogP contribution < -0.4 is 11.1 Å². The highest BCUT2D eigenvalue weighted by molar-refractivity contribution is 6.04. The van der Waals surface area contributed by atoms with Crippen molar-refractivity contribution in [3.63, 3.8) is 0 Å². The van der Waals surface area contributed by atoms with Crippen molar-refractivity contribution in [2.24, 2.45) is 0 Å². The lowest BCUT2D eigenvalue weighted by molar-refractivity contribution is 0.0920. The third-order valence-corrected chi connectivity index (χ3v) is 2.65. The first-order valence-electron chi connectivity index (χ1n) is 5.97. The summed E-state index contributed by atoms with van der Waals surface area (Å²) in [5, 5.41) is 4.99. The maximum atomic E-state index is 12.1. The van der Waals surface area contributed by atoms with E-state index in [1.165, 1.54) is 0 Å². The fourth-order valence-electron chi connectivity index (χ4n) is 1.86. The van der Waals surface area contributed by atoms with E-state index < -0.39 is 0 Å². The highest BCUT2D eigenvalue weighted by Gasteiger charge is 2.17. The van der Waals surface area contributed by atoms with Gasteiger partial charge in [-0.05, 0) is 43.7 Å². The maximum Gasteiger partial charge on any atom is 0.253 e. The average molecular weight is 242 g/mol. The van der Waals surface area contributed by atoms with Gasteiger partial charge in [-0.15, -0.1) is 0 Å². The largest absolute Gasteiger partial charge is 0.398 e. The molecule has 18 heavy (non-hydrogen) atoms. The highest BCUT2D eigenvalue weighted by Crippen LogP contribution is 2.22. The summed E-state index contributed by atoms with van der Waals surface area (Å²) in [6.45, 7) is 5.84. The van der Waals surface area contributed by atoms with Gasteiger partial charge in [0, 0.05) is 11.2 Å². The van der Waals surface area contributed by atoms with Crippen LogP contribution in [0.15, 0.2) is 36.4 Å². The number of rotatable bonds is 1. The fraction of sp³-hybridized carbons (Fsp3) is 0.267. The van der Waals surface area contributed by atoms with Gasteiger partial charge in [-0.3, -0.25) is 4.79 Å². The molecular weight excluding hydrogens is 224 g/mol. The molecule has 3 heteroatoms. The van der Waals surface area contributed by atoms with Crippen molar-refractivity contribution >= 4 is 22.4 Å². The molecule has 0 fully saturated rings. The Balaban J connectivity index is 2.45. The molecule has 0 saturated heterocycles. The number of carbonyl (C=O) groups excluding carboxylic acids is 1. The molecule has 1 amide bonds. The van der Waals surface area contributed by atoms with E-state index in [9.17, 15) is 4.79 Å². The van der Waals surface area contributed by atoms with E-state index in [0.29, 0.717) is 11.3 Å². The summed E-state index contributed by atoms with van der Waals surface area (Å²) >= 11 is 0. The van der Waals surface area contributed by atoms with Crippen molar-refractivity contribution in [3.8, 4) is 0 Å². The van der Waals surface area contributed by atoms with Crippen LogP contribution in [-0.4, -0.2) is 11.4 Å². The smallest absolute Gasteiger partial charge is 0.253 e. The van der Waals surface area contributed by atoms with Gasteiger partial charge in [0.1, 0.15) is 0 Å². The van der Waals surface area contributed by atoms with E-state index in [0.717, 1.165) is 10.8 Å². The summed E-state index contributed by atoms with van der Waals surface area (Å²) in [6.07, 6.45) is 0. The molecule has 0 heterocycles. The first kappa shape index (κ1) is 12.4. The quantitative estimate of drug-likeness (QED) is 0.755. The first-order chi connectivity index (χ1) is 8.37. The molecule has 2 rings (SSSR count). The van der Waals surface area contributed by atoms with Gasteiger partial charge in [-0.1, -0.05) is 24.3 Å². The van der Waals surface area contributed by atoms with E-state index in [1.807, 2.05) is 57.2 Å². The van der Waals surface area contributed by atoms with Gasteiger partial charge >= 0.3 is 0 Å². The first-order valence-corrected chi connectivity index (χ1v) is 5.97. The average Bonchev–Trinajstić information content (AvgIpc) is 2.25. The van der Waals surface area contributed by atoms with Crippen molar-refractivity contribution < 1.29 is 4.79 Å². The number of hydrogen-bond acceptors (Lipinski definition) is 2. The van der Waals surface area contributed by atoms with Crippen LogP contribution in [0.25, 0.3) is 10.8 Å². The van der Waals surface area contributed by atoms with Gasteiger partial charge in [0.25, 0.3) is 5.91 Å². The van der Waals surface area contributed by atoms with Crippen molar-refractivity contribution in [1.29, 1.82) is 0 Å². The second-order valence-electron chi connectivity index (χ2n) is 5.49. The van der Waals surface area contributed by atoms with E-state index >= 15 is 0 Å². The second kappa shape index (κ2) is 4.33. The Kier molecular flexibility index (Phi) is 2.99. The lowest BCUT2D eigenvalue weighted by Gasteiger charge is -2.21. The number of carbonyl (C=O) groups is 1. The Bertz CT molecular complexity index is 597. The third-order valence-electron chi connectivity index (χ3n) is 2.65. The van der Waals surface area contributed by atoms with Gasteiger partial charge in [-0.2, -0.15) is 0 Å². The molecule has 0 aliphatic rings. The van der Waals surface area contributed by atoms with Crippen molar-refractivity contribution in [1.82, 2.24) is 5.32 Å². The number of nitrogens with two attached hydrogens (primary N) is 1. The van der Waals surface area contributed by atoms with Gasteiger partial charge < -0.3 is 11.1 Å². The van der Waals surface area contributed by atoms with Crippen LogP contribution >= 0.6 is 0 Å². The fourth-order valence-corrected chi connectivity index (χ4v) is 1.86. The highest BCUT2D eigenvalue weighted by atomic mass is 16.1. The number of benzene rings is 2. The van der Waals surface area contributed by atoms with Crippen LogP contribution in [0, 0.1) is 0 Å². The number of amides is 1. The molecule has 94 valence electrons. The molecule has 0 atom stereocenters. The van der Waals surface area contributed by atoms with Gasteiger partial charge in [0.15, 0.2) is 0 Å². The number of hydrogen-bond donors (Lipinski definition) is 2. The Morgan fingerprint density at radius 2 is 1.67 bits per heavy atom. The molecule has 0 spiro atoms. The number of fused-ring (bicyclic) bond motifs is 1. The number of nitrogen functional groups attached to an aromatic ring is 1. The number of nitrogens with one attached hydrogen (secondary N) is 1. The monoisotopic (exact) mass is 242 g/mol. The predicted octanol–water partition coefficient (Wildman–Crippen LogP) is 2.95. The zero-order valence-electron chi connectivity index (χ0n) is 10.9. The van der Waals surface area contributed by atoms with Crippen LogP contribution in [0.3, 0.4) is 0 Å². The van der Waals surface area contributed by atoms with E-state index in [1.54, 1.807) is 0 Å². The lowest BCUT2D eigenvalue weighted by atomic mass is 10.0. The molecule has 0 aliphatic heterocycles. The van der Waals surface area contributed by atoms with Gasteiger partial charge in [0.05, 0.1) is 5.56 Å². The Morgan fingerprint density at radius 1 is 1.11 bits per heavy atom. The number of anilines is 1. The van der Waals surface area contributed by atoms with Crippen LogP contribution in [-0.2, 0) is 0 Å². The Labute approximate surface area is 107 Å². The minimum absolute atomic E-state index is 0.134. The lowest BCUT2D eigenvalue weighted by Crippen LogP contribution is -2.40. The van der Waals surface area contributed by atoms with Crippen LogP contribution in [0.4, 0.5) is 5.69 Å². The minimum Gasteiger partial charge on any atom is -0.398 e. The van der Waals surface area contributed by atoms with E-state index in [4.69, 9.17) is 5.73 Å². The maximum absolute atomic E-state index is 12.1. The molecule has 0 unspecified atom stereocenters. The summed E-state index contributed by atoms with van der Waals surface area (Å²) < 4.78 is 0. The van der Waals surface area contributed by atoms with Crippen molar-refractivity contribution in [2.75, 3.05) is 5.73 Å². The summed E-state index contributed by atoms with van der Waals surface area (Å²) in [6, 6.07) is 11.5. The van der Waals surface area contributed by atoms with E-state index in [2.05, 4.69) is 5.32 Å². The topological polar surface area (TPSA) is 55.1 Å². The zero-order chi connectivity index (χ0) is 13.3. The molecule has 3 nitrogen and oxygen atoms in total. The summed E-state index contributed by atoms with van der Waals surface area (Å²) in [4.78, 5) is 12.1. The molecule has 0 radical (unpaired) electrons. The molecule has 0 aromatic heterocycles. The van der Waals surface area contributed by atoms with Crippen molar-refractivity contribution in [3.05, 3.63) is 42.0 Å². The standard InChI is InChI=1S/C15H18N2O/c1-15(2,3)17-14(18)12-8-10-6-4-5-7-11(10)9-13(12)16/h4-9H,16H2,1-3H3,(H,17,18). The molecule has 3 N–H and O–H groups in total. The van der Waals surface area contributed by atoms with Crippen LogP contribution in [0.1, 0.15) is 31.1 Å². The molecular formula is C15H18N2O. The van der Waals surface area contributed by atoms with Gasteiger partial charge in [-0.25, -0.2) is 0 Å². The van der Waals surface area contributed by atoms with Crippen LogP contribution in [0.5, 0.6) is 0 Å². The van der Waals surface area contributed by atoms with Crippen LogP contribution in [0.2, 0.25) is 0 Å². The Morgan fingerprint density at radius 3 is 2.22 bits per heavy atom. The minimum atomic E-state index is -0.269. The van der Waals surface area contributed by atoms with Crippen molar-refractivity contribution in [2.45, 2.75) is 26.3 Å². The van der Waals surface area contributed by atoms with E-state index in [-0.39, 0.29) is 11.4 Å². The van der Waals surface area contributed by atoms with Gasteiger partial charge in [0.2, 0.25) is 0 Å². The molecule has 0 saturated carbocycles. The Hall–Kier alpha value is -2.03. The summed E-state index contributed by atoms with van der Waals surface area (Å²) in [7, 11) is 0. The normalized spacial score (nSPS) is 11.5. The zero-order valence-corrected chi connectivity index (χ0v) is 10.9. The SMILES string of the molecule is CC(C)(C)NC(=O)c1cc2ccccc2cc1N. The molecule has 0 bridgehead atoms. The second-order valence-corrected chi connectivity index (χ2v) is 5.49. The third kappa shape index (κ3) is 2.62. The molecule has 2 aromatic carbocycles. The molecule has 2 aromatic rings. The predicted molar refractivity (Wildman–Crippen MR) is 75.6 cm³/mol. The summed E-state index contributed by atoms with van der Waals surface area (Å²) in [5.74, 6) is -0.134. The molecule has 0 aliphatic carbocycles. The summed E-state index contributed by atoms with van der Waals surface area (Å²) in [5.41, 5.74) is 6.72.